The van der Waals surface area contributed by atoms with Crippen LogP contribution in [0.25, 0.3) is 0 Å². The zero-order chi connectivity index (χ0) is 14.4. The van der Waals surface area contributed by atoms with Crippen LogP contribution in [0, 0.1) is 6.92 Å². The van der Waals surface area contributed by atoms with E-state index in [-0.39, 0.29) is 0 Å². The standard InChI is InChI=1S/C13H17ClN2O3/c1-3-4-11(12(17)18)16-13(19)15-10-6-5-8(2)7-9(10)14/h5-7,11H,3-4H2,1-2H3,(H,17,18)(H2,15,16,19)/t11-/m1/s1. The molecule has 19 heavy (non-hydrogen) atoms. The number of carboxylic acid groups (broad SMARTS) is 1. The number of aliphatic carboxylic acids is 1. The number of hydrogen-bond acceptors (Lipinski definition) is 2. The molecule has 104 valence electrons. The highest BCUT2D eigenvalue weighted by Gasteiger charge is 2.18. The molecule has 0 aliphatic rings. The first-order chi connectivity index (χ1) is 8.93. The summed E-state index contributed by atoms with van der Waals surface area (Å²) in [7, 11) is 0. The van der Waals surface area contributed by atoms with Crippen LogP contribution in [-0.4, -0.2) is 23.1 Å². The van der Waals surface area contributed by atoms with Crippen LogP contribution in [0.15, 0.2) is 18.2 Å². The van der Waals surface area contributed by atoms with Crippen molar-refractivity contribution >= 4 is 29.3 Å². The van der Waals surface area contributed by atoms with Crippen LogP contribution in [0.2, 0.25) is 5.02 Å². The molecule has 1 atom stereocenters. The number of anilines is 1. The first-order valence-corrected chi connectivity index (χ1v) is 6.38. The quantitative estimate of drug-likeness (QED) is 0.777. The van der Waals surface area contributed by atoms with E-state index in [1.165, 1.54) is 0 Å². The molecule has 0 fully saturated rings. The fraction of sp³-hybridized carbons (Fsp3) is 0.385. The topological polar surface area (TPSA) is 78.4 Å². The van der Waals surface area contributed by atoms with Gasteiger partial charge in [-0.15, -0.1) is 0 Å². The van der Waals surface area contributed by atoms with Gasteiger partial charge in [-0.3, -0.25) is 0 Å². The fourth-order valence-electron chi connectivity index (χ4n) is 1.58. The molecule has 0 saturated heterocycles. The minimum atomic E-state index is -1.05. The summed E-state index contributed by atoms with van der Waals surface area (Å²) in [4.78, 5) is 22.6. The number of aryl methyl sites for hydroxylation is 1. The number of carboxylic acids is 1. The molecule has 2 amide bonds. The Hall–Kier alpha value is -1.75. The van der Waals surface area contributed by atoms with Crippen LogP contribution in [0.4, 0.5) is 10.5 Å². The normalized spacial score (nSPS) is 11.7. The molecular formula is C13H17ClN2O3. The molecule has 3 N–H and O–H groups in total. The number of benzene rings is 1. The van der Waals surface area contributed by atoms with E-state index >= 15 is 0 Å². The van der Waals surface area contributed by atoms with Crippen molar-refractivity contribution in [2.24, 2.45) is 0 Å². The Morgan fingerprint density at radius 1 is 1.42 bits per heavy atom. The summed E-state index contributed by atoms with van der Waals surface area (Å²) in [5.74, 6) is -1.05. The summed E-state index contributed by atoms with van der Waals surface area (Å²) in [5.41, 5.74) is 1.43. The van der Waals surface area contributed by atoms with Gasteiger partial charge < -0.3 is 15.7 Å². The lowest BCUT2D eigenvalue weighted by molar-refractivity contribution is -0.139. The van der Waals surface area contributed by atoms with Crippen LogP contribution in [0.1, 0.15) is 25.3 Å². The third-order valence-electron chi connectivity index (χ3n) is 2.55. The summed E-state index contributed by atoms with van der Waals surface area (Å²) in [5, 5.41) is 14.3. The van der Waals surface area contributed by atoms with Gasteiger partial charge in [-0.05, 0) is 31.0 Å². The van der Waals surface area contributed by atoms with Gasteiger partial charge in [-0.1, -0.05) is 31.0 Å². The van der Waals surface area contributed by atoms with Gasteiger partial charge in [-0.2, -0.15) is 0 Å². The Balaban J connectivity index is 2.66. The Morgan fingerprint density at radius 3 is 2.63 bits per heavy atom. The van der Waals surface area contributed by atoms with E-state index in [9.17, 15) is 9.59 Å². The molecule has 0 spiro atoms. The summed E-state index contributed by atoms with van der Waals surface area (Å²) in [6, 6.07) is 3.73. The molecule has 1 aromatic rings. The summed E-state index contributed by atoms with van der Waals surface area (Å²) in [6.45, 7) is 3.74. The average Bonchev–Trinajstić information content (AvgIpc) is 2.32. The van der Waals surface area contributed by atoms with Gasteiger partial charge in [0.25, 0.3) is 0 Å². The number of carbonyl (C=O) groups excluding carboxylic acids is 1. The number of rotatable bonds is 5. The molecule has 0 saturated carbocycles. The highest BCUT2D eigenvalue weighted by molar-refractivity contribution is 6.33. The SMILES string of the molecule is CCC[C@@H](NC(=O)Nc1ccc(C)cc1Cl)C(=O)O. The van der Waals surface area contributed by atoms with Crippen molar-refractivity contribution in [2.45, 2.75) is 32.7 Å². The minimum Gasteiger partial charge on any atom is -0.480 e. The Bertz CT molecular complexity index is 477. The number of carbonyl (C=O) groups is 2. The van der Waals surface area contributed by atoms with Crippen LogP contribution in [0.5, 0.6) is 0 Å². The number of amides is 2. The summed E-state index contributed by atoms with van der Waals surface area (Å²) >= 11 is 5.98. The molecule has 0 aliphatic carbocycles. The molecule has 6 heteroatoms. The first-order valence-electron chi connectivity index (χ1n) is 6.00. The lowest BCUT2D eigenvalue weighted by Crippen LogP contribution is -2.42. The predicted octanol–water partition coefficient (Wildman–Crippen LogP) is 3.02. The van der Waals surface area contributed by atoms with Gasteiger partial charge in [-0.25, -0.2) is 9.59 Å². The number of nitrogens with one attached hydrogen (secondary N) is 2. The van der Waals surface area contributed by atoms with Gasteiger partial charge in [0.1, 0.15) is 6.04 Å². The summed E-state index contributed by atoms with van der Waals surface area (Å²) in [6.07, 6.45) is 1.05. The second-order valence-electron chi connectivity index (χ2n) is 4.26. The number of halogens is 1. The van der Waals surface area contributed by atoms with Gasteiger partial charge in [0, 0.05) is 0 Å². The zero-order valence-corrected chi connectivity index (χ0v) is 11.6. The zero-order valence-electron chi connectivity index (χ0n) is 10.9. The molecule has 1 rings (SSSR count). The maximum atomic E-state index is 11.7. The minimum absolute atomic E-state index is 0.379. The molecular weight excluding hydrogens is 268 g/mol. The van der Waals surface area contributed by atoms with E-state index in [1.807, 2.05) is 19.9 Å². The first kappa shape index (κ1) is 15.3. The van der Waals surface area contributed by atoms with E-state index in [1.54, 1.807) is 12.1 Å². The van der Waals surface area contributed by atoms with Crippen molar-refractivity contribution in [3.63, 3.8) is 0 Å². The van der Waals surface area contributed by atoms with Gasteiger partial charge >= 0.3 is 12.0 Å². The van der Waals surface area contributed by atoms with E-state index in [4.69, 9.17) is 16.7 Å². The lowest BCUT2D eigenvalue weighted by Gasteiger charge is -2.15. The second-order valence-corrected chi connectivity index (χ2v) is 4.67. The fourth-order valence-corrected chi connectivity index (χ4v) is 1.87. The molecule has 5 nitrogen and oxygen atoms in total. The summed E-state index contributed by atoms with van der Waals surface area (Å²) < 4.78 is 0. The van der Waals surface area contributed by atoms with E-state index in [0.717, 1.165) is 5.56 Å². The maximum absolute atomic E-state index is 11.7. The molecule has 0 aliphatic heterocycles. The Kier molecular flexibility index (Phi) is 5.63. The van der Waals surface area contributed by atoms with Crippen LogP contribution >= 0.6 is 11.6 Å². The second kappa shape index (κ2) is 6.99. The molecule has 0 aromatic heterocycles. The Morgan fingerprint density at radius 2 is 2.11 bits per heavy atom. The van der Waals surface area contributed by atoms with Crippen LogP contribution < -0.4 is 10.6 Å². The highest BCUT2D eigenvalue weighted by Crippen LogP contribution is 2.22. The van der Waals surface area contributed by atoms with E-state index in [2.05, 4.69) is 10.6 Å². The van der Waals surface area contributed by atoms with Gasteiger partial charge in [0.2, 0.25) is 0 Å². The van der Waals surface area contributed by atoms with Crippen molar-refractivity contribution in [1.29, 1.82) is 0 Å². The van der Waals surface area contributed by atoms with E-state index in [0.29, 0.717) is 23.6 Å². The third kappa shape index (κ3) is 4.79. The van der Waals surface area contributed by atoms with Crippen molar-refractivity contribution in [3.05, 3.63) is 28.8 Å². The number of urea groups is 1. The predicted molar refractivity (Wildman–Crippen MR) is 74.7 cm³/mol. The average molecular weight is 285 g/mol. The van der Waals surface area contributed by atoms with Gasteiger partial charge in [0.05, 0.1) is 10.7 Å². The number of hydrogen-bond donors (Lipinski definition) is 3. The molecule has 0 heterocycles. The highest BCUT2D eigenvalue weighted by atomic mass is 35.5. The van der Waals surface area contributed by atoms with Crippen LogP contribution in [-0.2, 0) is 4.79 Å². The van der Waals surface area contributed by atoms with Gasteiger partial charge in [0.15, 0.2) is 0 Å². The molecule has 0 bridgehead atoms. The smallest absolute Gasteiger partial charge is 0.326 e. The van der Waals surface area contributed by atoms with E-state index < -0.39 is 18.0 Å². The molecule has 1 aromatic carbocycles. The largest absolute Gasteiger partial charge is 0.480 e. The van der Waals surface area contributed by atoms with Crippen molar-refractivity contribution < 1.29 is 14.7 Å². The maximum Gasteiger partial charge on any atom is 0.326 e. The van der Waals surface area contributed by atoms with Crippen LogP contribution in [0.3, 0.4) is 0 Å². The van der Waals surface area contributed by atoms with Crippen molar-refractivity contribution in [2.75, 3.05) is 5.32 Å². The Labute approximate surface area is 117 Å². The van der Waals surface area contributed by atoms with Crippen molar-refractivity contribution in [3.8, 4) is 0 Å². The monoisotopic (exact) mass is 284 g/mol. The molecule has 0 radical (unpaired) electrons. The van der Waals surface area contributed by atoms with Crippen molar-refractivity contribution in [1.82, 2.24) is 5.32 Å². The third-order valence-corrected chi connectivity index (χ3v) is 2.87. The molecule has 0 unspecified atom stereocenters. The lowest BCUT2D eigenvalue weighted by atomic mass is 10.2.